The number of rotatable bonds is 6. The van der Waals surface area contributed by atoms with Gasteiger partial charge in [-0.05, 0) is 32.6 Å². The second-order valence-electron chi connectivity index (χ2n) is 4.82. The van der Waals surface area contributed by atoms with Crippen LogP contribution in [0.1, 0.15) is 53.9 Å². The average molecular weight is 212 g/mol. The van der Waals surface area contributed by atoms with E-state index in [9.17, 15) is 4.79 Å². The molecule has 0 heterocycles. The maximum atomic E-state index is 11.5. The average Bonchev–Trinajstić information content (AvgIpc) is 2.14. The van der Waals surface area contributed by atoms with E-state index in [1.165, 1.54) is 0 Å². The molecule has 0 aromatic rings. The van der Waals surface area contributed by atoms with Gasteiger partial charge in [-0.25, -0.2) is 4.79 Å². The Morgan fingerprint density at radius 3 is 2.33 bits per heavy atom. The summed E-state index contributed by atoms with van der Waals surface area (Å²) in [6, 6.07) is 0. The summed E-state index contributed by atoms with van der Waals surface area (Å²) in [6.07, 6.45) is 2.65. The molecule has 0 aliphatic heterocycles. The highest BCUT2D eigenvalue weighted by molar-refractivity contribution is 5.87. The molecule has 0 amide bonds. The summed E-state index contributed by atoms with van der Waals surface area (Å²) in [5, 5.41) is 0. The quantitative estimate of drug-likeness (QED) is 0.495. The van der Waals surface area contributed by atoms with Crippen molar-refractivity contribution in [1.82, 2.24) is 0 Å². The monoisotopic (exact) mass is 212 g/mol. The van der Waals surface area contributed by atoms with E-state index >= 15 is 0 Å². The standard InChI is InChI=1S/C13H24O2/c1-7-10(3)9-13(5,6)15-12(14)11(4)8-2/h10H,4,7-9H2,1-3,5-6H3. The van der Waals surface area contributed by atoms with E-state index in [-0.39, 0.29) is 11.6 Å². The summed E-state index contributed by atoms with van der Waals surface area (Å²) in [5.41, 5.74) is 0.164. The van der Waals surface area contributed by atoms with Crippen LogP contribution in [0.2, 0.25) is 0 Å². The van der Waals surface area contributed by atoms with Crippen LogP contribution in [0.5, 0.6) is 0 Å². The van der Waals surface area contributed by atoms with Gasteiger partial charge in [0.15, 0.2) is 0 Å². The van der Waals surface area contributed by atoms with Gasteiger partial charge in [-0.1, -0.05) is 33.8 Å². The minimum Gasteiger partial charge on any atom is -0.456 e. The molecule has 1 atom stereocenters. The smallest absolute Gasteiger partial charge is 0.333 e. The van der Waals surface area contributed by atoms with E-state index in [1.54, 1.807) is 0 Å². The molecule has 2 nitrogen and oxygen atoms in total. The molecule has 0 spiro atoms. The van der Waals surface area contributed by atoms with Crippen LogP contribution in [-0.4, -0.2) is 11.6 Å². The van der Waals surface area contributed by atoms with Crippen molar-refractivity contribution in [1.29, 1.82) is 0 Å². The predicted molar refractivity (Wildman–Crippen MR) is 63.7 cm³/mol. The second kappa shape index (κ2) is 5.94. The van der Waals surface area contributed by atoms with Gasteiger partial charge in [-0.2, -0.15) is 0 Å². The minimum absolute atomic E-state index is 0.259. The van der Waals surface area contributed by atoms with Gasteiger partial charge in [0.25, 0.3) is 0 Å². The van der Waals surface area contributed by atoms with Crippen LogP contribution in [0.25, 0.3) is 0 Å². The van der Waals surface area contributed by atoms with Crippen LogP contribution in [0, 0.1) is 5.92 Å². The molecule has 0 saturated carbocycles. The number of carbonyl (C=O) groups excluding carboxylic acids is 1. The van der Waals surface area contributed by atoms with E-state index < -0.39 is 0 Å². The molecule has 0 radical (unpaired) electrons. The van der Waals surface area contributed by atoms with Crippen molar-refractivity contribution in [2.75, 3.05) is 0 Å². The lowest BCUT2D eigenvalue weighted by atomic mass is 9.93. The molecule has 0 N–H and O–H groups in total. The Morgan fingerprint density at radius 2 is 1.93 bits per heavy atom. The fourth-order valence-electron chi connectivity index (χ4n) is 1.49. The summed E-state index contributed by atoms with van der Waals surface area (Å²) in [4.78, 5) is 11.5. The zero-order chi connectivity index (χ0) is 12.1. The van der Waals surface area contributed by atoms with Crippen molar-refractivity contribution in [3.63, 3.8) is 0 Å². The molecule has 15 heavy (non-hydrogen) atoms. The molecule has 0 rings (SSSR count). The van der Waals surface area contributed by atoms with Crippen LogP contribution in [0.4, 0.5) is 0 Å². The van der Waals surface area contributed by atoms with Crippen molar-refractivity contribution in [3.8, 4) is 0 Å². The third kappa shape index (κ3) is 5.60. The van der Waals surface area contributed by atoms with E-state index in [0.717, 1.165) is 12.8 Å². The normalized spacial score (nSPS) is 13.4. The van der Waals surface area contributed by atoms with Crippen LogP contribution < -0.4 is 0 Å². The Labute approximate surface area is 93.7 Å². The Balaban J connectivity index is 4.24. The molecular formula is C13H24O2. The second-order valence-corrected chi connectivity index (χ2v) is 4.82. The first kappa shape index (κ1) is 14.2. The molecule has 88 valence electrons. The highest BCUT2D eigenvalue weighted by atomic mass is 16.6. The van der Waals surface area contributed by atoms with Gasteiger partial charge < -0.3 is 4.74 Å². The zero-order valence-electron chi connectivity index (χ0n) is 10.7. The van der Waals surface area contributed by atoms with Gasteiger partial charge in [0, 0.05) is 5.57 Å². The topological polar surface area (TPSA) is 26.3 Å². The van der Waals surface area contributed by atoms with Gasteiger partial charge >= 0.3 is 5.97 Å². The third-order valence-electron chi connectivity index (χ3n) is 2.62. The van der Waals surface area contributed by atoms with Crippen molar-refractivity contribution in [2.45, 2.75) is 59.5 Å². The van der Waals surface area contributed by atoms with Crippen molar-refractivity contribution in [3.05, 3.63) is 12.2 Å². The highest BCUT2D eigenvalue weighted by Gasteiger charge is 2.25. The van der Waals surface area contributed by atoms with Crippen molar-refractivity contribution >= 4 is 5.97 Å². The Kier molecular flexibility index (Phi) is 5.63. The van der Waals surface area contributed by atoms with Gasteiger partial charge in [0.1, 0.15) is 5.60 Å². The molecule has 1 unspecified atom stereocenters. The van der Waals surface area contributed by atoms with Crippen LogP contribution in [0.15, 0.2) is 12.2 Å². The lowest BCUT2D eigenvalue weighted by Crippen LogP contribution is -2.30. The lowest BCUT2D eigenvalue weighted by molar-refractivity contribution is -0.153. The van der Waals surface area contributed by atoms with Crippen LogP contribution >= 0.6 is 0 Å². The maximum Gasteiger partial charge on any atom is 0.333 e. The number of hydrogen-bond donors (Lipinski definition) is 0. The van der Waals surface area contributed by atoms with E-state index in [4.69, 9.17) is 4.74 Å². The first-order valence-corrected chi connectivity index (χ1v) is 5.73. The molecular weight excluding hydrogens is 188 g/mol. The Morgan fingerprint density at radius 1 is 1.40 bits per heavy atom. The SMILES string of the molecule is C=C(CC)C(=O)OC(C)(C)CC(C)CC. The largest absolute Gasteiger partial charge is 0.456 e. The molecule has 0 fully saturated rings. The Hall–Kier alpha value is -0.790. The first-order chi connectivity index (χ1) is 6.82. The number of hydrogen-bond acceptors (Lipinski definition) is 2. The first-order valence-electron chi connectivity index (χ1n) is 5.73. The summed E-state index contributed by atoms with van der Waals surface area (Å²) < 4.78 is 5.42. The van der Waals surface area contributed by atoms with Gasteiger partial charge in [0.05, 0.1) is 0 Å². The molecule has 0 aromatic carbocycles. The highest BCUT2D eigenvalue weighted by Crippen LogP contribution is 2.23. The summed E-state index contributed by atoms with van der Waals surface area (Å²) in [6.45, 7) is 13.8. The summed E-state index contributed by atoms with van der Waals surface area (Å²) in [7, 11) is 0. The summed E-state index contributed by atoms with van der Waals surface area (Å²) >= 11 is 0. The fraction of sp³-hybridized carbons (Fsp3) is 0.769. The van der Waals surface area contributed by atoms with Crippen molar-refractivity contribution < 1.29 is 9.53 Å². The zero-order valence-corrected chi connectivity index (χ0v) is 10.7. The van der Waals surface area contributed by atoms with Crippen LogP contribution in [-0.2, 0) is 9.53 Å². The minimum atomic E-state index is -0.384. The number of carbonyl (C=O) groups is 1. The molecule has 0 aromatic heterocycles. The van der Waals surface area contributed by atoms with Crippen LogP contribution in [0.3, 0.4) is 0 Å². The van der Waals surface area contributed by atoms with Gasteiger partial charge in [0.2, 0.25) is 0 Å². The molecule has 2 heteroatoms. The fourth-order valence-corrected chi connectivity index (χ4v) is 1.49. The number of ether oxygens (including phenoxy) is 1. The predicted octanol–water partition coefficient (Wildman–Crippen LogP) is 3.71. The third-order valence-corrected chi connectivity index (χ3v) is 2.62. The van der Waals surface area contributed by atoms with Gasteiger partial charge in [-0.15, -0.1) is 0 Å². The van der Waals surface area contributed by atoms with Gasteiger partial charge in [-0.3, -0.25) is 0 Å². The van der Waals surface area contributed by atoms with Crippen molar-refractivity contribution in [2.24, 2.45) is 5.92 Å². The van der Waals surface area contributed by atoms with E-state index in [0.29, 0.717) is 17.9 Å². The van der Waals surface area contributed by atoms with E-state index in [2.05, 4.69) is 20.4 Å². The molecule has 0 aliphatic rings. The molecule has 0 bridgehead atoms. The maximum absolute atomic E-state index is 11.5. The summed E-state index contributed by atoms with van der Waals surface area (Å²) in [5.74, 6) is 0.313. The Bertz CT molecular complexity index is 229. The van der Waals surface area contributed by atoms with E-state index in [1.807, 2.05) is 20.8 Å². The molecule has 0 saturated heterocycles. The lowest BCUT2D eigenvalue weighted by Gasteiger charge is -2.28. The number of esters is 1. The molecule has 0 aliphatic carbocycles.